The maximum absolute atomic E-state index is 6.89. The first-order chi connectivity index (χ1) is 28.6. The summed E-state index contributed by atoms with van der Waals surface area (Å²) in [5, 5.41) is 5.30. The minimum Gasteiger partial charge on any atom is -0.456 e. The summed E-state index contributed by atoms with van der Waals surface area (Å²) in [5.41, 5.74) is 11.5. The van der Waals surface area contributed by atoms with E-state index in [0.29, 0.717) is 0 Å². The van der Waals surface area contributed by atoms with Gasteiger partial charge < -0.3 is 9.47 Å². The van der Waals surface area contributed by atoms with Crippen LogP contribution >= 0.6 is 0 Å². The van der Waals surface area contributed by atoms with E-state index in [0.717, 1.165) is 34.1 Å². The summed E-state index contributed by atoms with van der Waals surface area (Å²) in [6, 6.07) is 67.2. The smallest absolute Gasteiger partial charge is 0.179 e. The van der Waals surface area contributed by atoms with Gasteiger partial charge in [0.2, 0.25) is 0 Å². The highest BCUT2D eigenvalue weighted by molar-refractivity contribution is 7.20. The number of para-hydroxylation sites is 4. The molecular weight excluding hydrogens is 733 g/mol. The van der Waals surface area contributed by atoms with Crippen molar-refractivity contribution in [2.45, 2.75) is 52.4 Å². The highest BCUT2D eigenvalue weighted by Crippen LogP contribution is 2.53. The molecule has 2 aliphatic rings. The third-order valence-electron chi connectivity index (χ3n) is 13.3. The van der Waals surface area contributed by atoms with Crippen LogP contribution in [-0.2, 0) is 10.8 Å². The Bertz CT molecular complexity index is 2710. The van der Waals surface area contributed by atoms with Gasteiger partial charge in [0.05, 0.1) is 0 Å². The Labute approximate surface area is 349 Å². The summed E-state index contributed by atoms with van der Waals surface area (Å²) in [6.45, 7) is 13.7. The average molecular weight is 781 g/mol. The van der Waals surface area contributed by atoms with Gasteiger partial charge in [-0.1, -0.05) is 198 Å². The second kappa shape index (κ2) is 13.9. The van der Waals surface area contributed by atoms with Crippen LogP contribution in [0.3, 0.4) is 0 Å². The predicted octanol–water partition coefficient (Wildman–Crippen LogP) is 11.9. The molecule has 0 N–H and O–H groups in total. The fourth-order valence-electron chi connectivity index (χ4n) is 10.0. The fraction of sp³-hybridized carbons (Fsp3) is 0.143. The molecular formula is C56H48O2Si. The SMILES string of the molecule is Cc1ccc([Si](c2ccccc2)(c2ccccc2)c2ccc(C)c(-c3cccc4c3Oc3ccccc3C4(C)C)c2)cc1-c1cccc2c1Oc1ccccc1C2(C)C. The van der Waals surface area contributed by atoms with Crippen molar-refractivity contribution in [3.8, 4) is 45.3 Å². The lowest BCUT2D eigenvalue weighted by Gasteiger charge is -2.37. The van der Waals surface area contributed by atoms with Crippen molar-refractivity contribution in [3.05, 3.63) is 215 Å². The molecule has 0 radical (unpaired) electrons. The Morgan fingerprint density at radius 3 is 1.14 bits per heavy atom. The summed E-state index contributed by atoms with van der Waals surface area (Å²) in [6.07, 6.45) is 0. The van der Waals surface area contributed by atoms with Crippen LogP contribution in [0.4, 0.5) is 0 Å². The van der Waals surface area contributed by atoms with E-state index in [2.05, 4.69) is 224 Å². The first kappa shape index (κ1) is 36.9. The highest BCUT2D eigenvalue weighted by atomic mass is 28.3. The third kappa shape index (κ3) is 5.67. The minimum atomic E-state index is -3.00. The van der Waals surface area contributed by atoms with Crippen molar-refractivity contribution < 1.29 is 9.47 Å². The van der Waals surface area contributed by atoms with Gasteiger partial charge in [-0.15, -0.1) is 0 Å². The molecule has 59 heavy (non-hydrogen) atoms. The highest BCUT2D eigenvalue weighted by Gasteiger charge is 2.43. The lowest BCUT2D eigenvalue weighted by molar-refractivity contribution is 0.419. The third-order valence-corrected chi connectivity index (χ3v) is 18.0. The minimum absolute atomic E-state index is 0.214. The molecule has 2 aliphatic heterocycles. The van der Waals surface area contributed by atoms with Crippen LogP contribution in [0.1, 0.15) is 61.1 Å². The Morgan fingerprint density at radius 1 is 0.339 bits per heavy atom. The predicted molar refractivity (Wildman–Crippen MR) is 248 cm³/mol. The van der Waals surface area contributed by atoms with Gasteiger partial charge in [-0.25, -0.2) is 0 Å². The van der Waals surface area contributed by atoms with Gasteiger partial charge in [0.25, 0.3) is 0 Å². The number of aryl methyl sites for hydroxylation is 2. The van der Waals surface area contributed by atoms with Crippen LogP contribution in [0.2, 0.25) is 0 Å². The van der Waals surface area contributed by atoms with Crippen molar-refractivity contribution in [1.82, 2.24) is 0 Å². The van der Waals surface area contributed by atoms with Gasteiger partial charge in [-0.05, 0) is 69.0 Å². The Morgan fingerprint density at radius 2 is 0.712 bits per heavy atom. The van der Waals surface area contributed by atoms with Crippen LogP contribution in [0.25, 0.3) is 22.3 Å². The second-order valence-electron chi connectivity index (χ2n) is 17.4. The molecule has 0 spiro atoms. The number of rotatable bonds is 6. The zero-order valence-corrected chi connectivity index (χ0v) is 35.6. The summed E-state index contributed by atoms with van der Waals surface area (Å²) in [7, 11) is -3.00. The van der Waals surface area contributed by atoms with Crippen LogP contribution in [-0.4, -0.2) is 8.07 Å². The molecule has 2 nitrogen and oxygen atoms in total. The van der Waals surface area contributed by atoms with E-state index in [4.69, 9.17) is 9.47 Å². The van der Waals surface area contributed by atoms with Gasteiger partial charge in [-0.2, -0.15) is 0 Å². The molecule has 2 heterocycles. The van der Waals surface area contributed by atoms with Gasteiger partial charge in [-0.3, -0.25) is 0 Å². The van der Waals surface area contributed by atoms with Gasteiger partial charge in [0.15, 0.2) is 8.07 Å². The lowest BCUT2D eigenvalue weighted by Crippen LogP contribution is -2.74. The van der Waals surface area contributed by atoms with E-state index in [1.54, 1.807) is 0 Å². The number of hydrogen-bond donors (Lipinski definition) is 0. The van der Waals surface area contributed by atoms with Crippen LogP contribution in [0.5, 0.6) is 23.0 Å². The fourth-order valence-corrected chi connectivity index (χ4v) is 14.8. The zero-order valence-electron chi connectivity index (χ0n) is 34.6. The molecule has 0 saturated carbocycles. The lowest BCUT2D eigenvalue weighted by atomic mass is 9.74. The zero-order chi connectivity index (χ0) is 40.5. The molecule has 0 aromatic heterocycles. The standard InChI is InChI=1S/C56H48O2Si/c1-37-31-33-41(35-45(37)43-23-17-27-49-53(43)57-51-29-15-13-25-47(51)55(49,3)4)59(39-19-9-7-10-20-39,40-21-11-8-12-22-40)42-34-32-38(2)46(36-42)44-24-18-28-50-54(44)58-52-30-16-14-26-48(52)56(50,5)6/h7-36H,1-6H3. The molecule has 0 bridgehead atoms. The van der Waals surface area contributed by atoms with Crippen molar-refractivity contribution in [2.24, 2.45) is 0 Å². The average Bonchev–Trinajstić information content (AvgIpc) is 3.26. The van der Waals surface area contributed by atoms with Crippen molar-refractivity contribution >= 4 is 28.8 Å². The largest absolute Gasteiger partial charge is 0.456 e. The molecule has 0 aliphatic carbocycles. The van der Waals surface area contributed by atoms with Crippen LogP contribution in [0, 0.1) is 13.8 Å². The van der Waals surface area contributed by atoms with Gasteiger partial charge >= 0.3 is 0 Å². The monoisotopic (exact) mass is 780 g/mol. The topological polar surface area (TPSA) is 18.5 Å². The van der Waals surface area contributed by atoms with E-state index >= 15 is 0 Å². The molecule has 8 aromatic rings. The summed E-state index contributed by atoms with van der Waals surface area (Å²) in [4.78, 5) is 0. The normalized spacial score (nSPS) is 14.5. The summed E-state index contributed by atoms with van der Waals surface area (Å²) in [5.74, 6) is 3.74. The van der Waals surface area contributed by atoms with Gasteiger partial charge in [0.1, 0.15) is 23.0 Å². The summed E-state index contributed by atoms with van der Waals surface area (Å²) < 4.78 is 13.8. The van der Waals surface area contributed by atoms with E-state index in [1.807, 2.05) is 0 Å². The number of benzene rings is 8. The van der Waals surface area contributed by atoms with Crippen LogP contribution in [0.15, 0.2) is 182 Å². The number of hydrogen-bond acceptors (Lipinski definition) is 2. The van der Waals surface area contributed by atoms with E-state index < -0.39 is 8.07 Å². The number of fused-ring (bicyclic) bond motifs is 4. The molecule has 8 aromatic carbocycles. The van der Waals surface area contributed by atoms with Crippen LogP contribution < -0.4 is 30.2 Å². The molecule has 3 heteroatoms. The molecule has 0 amide bonds. The molecule has 0 saturated heterocycles. The maximum Gasteiger partial charge on any atom is 0.179 e. The van der Waals surface area contributed by atoms with E-state index in [1.165, 1.54) is 65.3 Å². The number of ether oxygens (including phenoxy) is 2. The van der Waals surface area contributed by atoms with Crippen molar-refractivity contribution in [2.75, 3.05) is 0 Å². The van der Waals surface area contributed by atoms with Crippen molar-refractivity contribution in [1.29, 1.82) is 0 Å². The quantitative estimate of drug-likeness (QED) is 0.124. The first-order valence-electron chi connectivity index (χ1n) is 20.8. The Balaban J connectivity index is 1.22. The van der Waals surface area contributed by atoms with Crippen molar-refractivity contribution in [3.63, 3.8) is 0 Å². The Kier molecular flexibility index (Phi) is 8.66. The Hall–Kier alpha value is -6.42. The molecule has 288 valence electrons. The summed E-state index contributed by atoms with van der Waals surface area (Å²) >= 11 is 0. The molecule has 0 atom stereocenters. The molecule has 0 unspecified atom stereocenters. The van der Waals surface area contributed by atoms with E-state index in [-0.39, 0.29) is 10.8 Å². The first-order valence-corrected chi connectivity index (χ1v) is 22.8. The molecule has 10 rings (SSSR count). The van der Waals surface area contributed by atoms with E-state index in [9.17, 15) is 0 Å². The molecule has 0 fully saturated rings. The van der Waals surface area contributed by atoms with Gasteiger partial charge in [0, 0.05) is 44.2 Å². The maximum atomic E-state index is 6.89. The second-order valence-corrected chi connectivity index (χ2v) is 21.2.